The van der Waals surface area contributed by atoms with Crippen molar-refractivity contribution in [3.63, 3.8) is 0 Å². The second kappa shape index (κ2) is 8.01. The summed E-state index contributed by atoms with van der Waals surface area (Å²) in [7, 11) is 0. The van der Waals surface area contributed by atoms with Crippen molar-refractivity contribution in [2.24, 2.45) is 0 Å². The Morgan fingerprint density at radius 3 is 1.94 bits per heavy atom. The molecule has 0 unspecified atom stereocenters. The molecule has 1 aromatic carbocycles. The van der Waals surface area contributed by atoms with Crippen LogP contribution in [-0.2, 0) is 4.79 Å². The smallest absolute Gasteiger partial charge is 0.308 e. The Balaban J connectivity index is 1.54. The number of carbonyl (C=O) groups excluding carboxylic acids is 1. The van der Waals surface area contributed by atoms with Crippen LogP contribution in [0.3, 0.4) is 0 Å². The van der Waals surface area contributed by atoms with E-state index in [1.54, 1.807) is 12.1 Å². The zero-order valence-electron chi connectivity index (χ0n) is 18.4. The molecule has 0 radical (unpaired) electrons. The van der Waals surface area contributed by atoms with Gasteiger partial charge in [0.1, 0.15) is 5.75 Å². The van der Waals surface area contributed by atoms with Crippen molar-refractivity contribution in [1.29, 1.82) is 0 Å². The van der Waals surface area contributed by atoms with Gasteiger partial charge in [0.15, 0.2) is 0 Å². The van der Waals surface area contributed by atoms with E-state index in [4.69, 9.17) is 14.7 Å². The van der Waals surface area contributed by atoms with E-state index in [0.717, 1.165) is 56.0 Å². The fraction of sp³-hybridized carbons (Fsp3) is 0.0357. The van der Waals surface area contributed by atoms with Crippen molar-refractivity contribution in [2.45, 2.75) is 6.92 Å². The van der Waals surface area contributed by atoms with Crippen LogP contribution in [0.15, 0.2) is 72.8 Å². The average Bonchev–Trinajstić information content (AvgIpc) is 3.59. The van der Waals surface area contributed by atoms with Crippen LogP contribution >= 0.6 is 0 Å². The lowest BCUT2D eigenvalue weighted by Crippen LogP contribution is -2.01. The molecule has 0 spiro atoms. The third kappa shape index (κ3) is 4.04. The molecule has 4 aromatic rings. The number of esters is 1. The van der Waals surface area contributed by atoms with Gasteiger partial charge in [-0.05, 0) is 84.5 Å². The molecule has 3 aromatic heterocycles. The van der Waals surface area contributed by atoms with E-state index in [-0.39, 0.29) is 5.97 Å². The Morgan fingerprint density at radius 1 is 0.706 bits per heavy atom. The summed E-state index contributed by atoms with van der Waals surface area (Å²) in [5.41, 5.74) is 9.29. The lowest BCUT2D eigenvalue weighted by atomic mass is 10.0. The Hall–Kier alpha value is -4.71. The van der Waals surface area contributed by atoms with E-state index in [1.165, 1.54) is 6.92 Å². The first-order valence-electron chi connectivity index (χ1n) is 10.9. The lowest BCUT2D eigenvalue weighted by molar-refractivity contribution is -0.131. The van der Waals surface area contributed by atoms with Gasteiger partial charge in [0.25, 0.3) is 0 Å². The second-order valence-electron chi connectivity index (χ2n) is 8.21. The lowest BCUT2D eigenvalue weighted by Gasteiger charge is -2.05. The van der Waals surface area contributed by atoms with Crippen LogP contribution in [0.5, 0.6) is 5.75 Å². The highest BCUT2D eigenvalue weighted by Crippen LogP contribution is 2.30. The van der Waals surface area contributed by atoms with Gasteiger partial charge in [-0.25, -0.2) is 9.97 Å². The molecular formula is C28H20N4O2. The van der Waals surface area contributed by atoms with Crippen LogP contribution in [0.2, 0.25) is 0 Å². The van der Waals surface area contributed by atoms with Crippen molar-refractivity contribution in [2.75, 3.05) is 0 Å². The molecule has 5 heterocycles. The number of hydrogen-bond acceptors (Lipinski definition) is 4. The predicted octanol–water partition coefficient (Wildman–Crippen LogP) is 6.00. The van der Waals surface area contributed by atoms with Crippen LogP contribution in [0.25, 0.3) is 45.9 Å². The molecule has 0 saturated heterocycles. The number of nitrogens with one attached hydrogen (secondary N) is 2. The number of carbonyl (C=O) groups is 1. The molecule has 34 heavy (non-hydrogen) atoms. The third-order valence-corrected chi connectivity index (χ3v) is 5.59. The molecule has 0 atom stereocenters. The molecule has 0 amide bonds. The van der Waals surface area contributed by atoms with Crippen LogP contribution in [-0.4, -0.2) is 25.9 Å². The predicted molar refractivity (Wildman–Crippen MR) is 135 cm³/mol. The van der Waals surface area contributed by atoms with Gasteiger partial charge in [-0.3, -0.25) is 4.79 Å². The van der Waals surface area contributed by atoms with Gasteiger partial charge in [-0.15, -0.1) is 0 Å². The highest BCUT2D eigenvalue weighted by Gasteiger charge is 2.14. The minimum Gasteiger partial charge on any atom is -0.427 e. The minimum atomic E-state index is -0.342. The number of benzene rings is 1. The summed E-state index contributed by atoms with van der Waals surface area (Å²) in [5.74, 6) is 0.171. The molecule has 0 aliphatic carbocycles. The van der Waals surface area contributed by atoms with Crippen molar-refractivity contribution in [1.82, 2.24) is 19.9 Å². The number of hydrogen-bond donors (Lipinski definition) is 2. The summed E-state index contributed by atoms with van der Waals surface area (Å²) >= 11 is 0. The zero-order valence-corrected chi connectivity index (χ0v) is 18.4. The van der Waals surface area contributed by atoms with E-state index in [0.29, 0.717) is 5.75 Å². The molecule has 8 bridgehead atoms. The Kier molecular flexibility index (Phi) is 4.70. The minimum absolute atomic E-state index is 0.342. The molecule has 0 saturated carbocycles. The van der Waals surface area contributed by atoms with E-state index < -0.39 is 0 Å². The first kappa shape index (κ1) is 19.9. The van der Waals surface area contributed by atoms with Crippen molar-refractivity contribution in [3.8, 4) is 5.75 Å². The molecule has 2 aliphatic heterocycles. The molecule has 164 valence electrons. The van der Waals surface area contributed by atoms with Gasteiger partial charge in [0, 0.05) is 34.6 Å². The maximum absolute atomic E-state index is 11.3. The van der Waals surface area contributed by atoms with E-state index in [1.807, 2.05) is 66.7 Å². The molecule has 0 fully saturated rings. The summed E-state index contributed by atoms with van der Waals surface area (Å²) in [4.78, 5) is 27.7. The SMILES string of the molecule is CC(=O)Oc1ccc(C2=Cc3cc4ccc(cc5ccc(cc6nc(cc2n3)C=C6)[nH]5)[nH]4)cc1. The molecular weight excluding hydrogens is 424 g/mol. The van der Waals surface area contributed by atoms with Crippen LogP contribution in [0.4, 0.5) is 0 Å². The molecule has 6 nitrogen and oxygen atoms in total. The van der Waals surface area contributed by atoms with E-state index in [2.05, 4.69) is 22.1 Å². The fourth-order valence-electron chi connectivity index (χ4n) is 4.11. The average molecular weight is 444 g/mol. The molecule has 6 rings (SSSR count). The Labute approximate surface area is 195 Å². The first-order chi connectivity index (χ1) is 16.6. The summed E-state index contributed by atoms with van der Waals surface area (Å²) in [6.07, 6.45) is 6.04. The van der Waals surface area contributed by atoms with Gasteiger partial charge >= 0.3 is 5.97 Å². The number of aromatic nitrogens is 4. The zero-order chi connectivity index (χ0) is 23.1. The highest BCUT2D eigenvalue weighted by atomic mass is 16.5. The summed E-state index contributed by atoms with van der Waals surface area (Å²) in [6, 6.07) is 23.7. The molecule has 2 aliphatic rings. The van der Waals surface area contributed by atoms with Gasteiger partial charge in [-0.2, -0.15) is 0 Å². The van der Waals surface area contributed by atoms with Gasteiger partial charge in [-0.1, -0.05) is 12.1 Å². The first-order valence-corrected chi connectivity index (χ1v) is 10.9. The summed E-state index contributed by atoms with van der Waals surface area (Å²) in [6.45, 7) is 1.39. The van der Waals surface area contributed by atoms with E-state index >= 15 is 0 Å². The van der Waals surface area contributed by atoms with Crippen LogP contribution < -0.4 is 4.74 Å². The topological polar surface area (TPSA) is 83.7 Å². The van der Waals surface area contributed by atoms with Gasteiger partial charge < -0.3 is 14.7 Å². The highest BCUT2D eigenvalue weighted by molar-refractivity contribution is 5.93. The fourth-order valence-corrected chi connectivity index (χ4v) is 4.11. The number of rotatable bonds is 2. The molecule has 2 N–H and O–H groups in total. The Morgan fingerprint density at radius 2 is 1.29 bits per heavy atom. The standard InChI is InChI=1S/C28H20N4O2/c1-17(33)34-26-10-2-18(3-11-26)27-15-25-14-23-7-6-21(30-23)12-19-4-5-20(29-19)13-22-8-9-24(31-22)16-28(27)32-25/h2-16,29-30H,1H3. The third-order valence-electron chi connectivity index (χ3n) is 5.59. The monoisotopic (exact) mass is 444 g/mol. The largest absolute Gasteiger partial charge is 0.427 e. The quantitative estimate of drug-likeness (QED) is 0.253. The Bertz CT molecular complexity index is 1650. The second-order valence-corrected chi connectivity index (χ2v) is 8.21. The van der Waals surface area contributed by atoms with Crippen molar-refractivity contribution in [3.05, 3.63) is 101 Å². The van der Waals surface area contributed by atoms with Crippen molar-refractivity contribution >= 4 is 51.8 Å². The van der Waals surface area contributed by atoms with E-state index in [9.17, 15) is 4.79 Å². The summed E-state index contributed by atoms with van der Waals surface area (Å²) in [5, 5.41) is 0. The number of ether oxygens (including phenoxy) is 1. The van der Waals surface area contributed by atoms with Crippen molar-refractivity contribution < 1.29 is 9.53 Å². The maximum atomic E-state index is 11.3. The van der Waals surface area contributed by atoms with Gasteiger partial charge in [0.2, 0.25) is 0 Å². The number of H-pyrrole nitrogens is 2. The maximum Gasteiger partial charge on any atom is 0.308 e. The number of fused-ring (bicyclic) bond motifs is 8. The molecule has 6 heteroatoms. The van der Waals surface area contributed by atoms with Gasteiger partial charge in [0.05, 0.1) is 22.8 Å². The van der Waals surface area contributed by atoms with Crippen LogP contribution in [0, 0.1) is 0 Å². The van der Waals surface area contributed by atoms with Crippen LogP contribution in [0.1, 0.15) is 35.3 Å². The number of aromatic amines is 2. The normalized spacial score (nSPS) is 12.4. The number of nitrogens with zero attached hydrogens (tertiary/aromatic N) is 2. The summed E-state index contributed by atoms with van der Waals surface area (Å²) < 4.78 is 5.18.